The number of aliphatic hydroxyl groups excluding tert-OH is 1. The van der Waals surface area contributed by atoms with Gasteiger partial charge in [-0.2, -0.15) is 0 Å². The fraction of sp³-hybridized carbons (Fsp3) is 0.667. The van der Waals surface area contributed by atoms with Gasteiger partial charge in [-0.3, -0.25) is 4.90 Å². The standard InChI is InChI=1S/C18H27NO3/c1-14-13-21-18(12-20)11-19(14)10-15-5-4-8-17(9-15)22-16-6-2-3-7-16/h4-5,8-9,14,16,18,20H,2-3,6-7,10-13H2,1H3. The third kappa shape index (κ3) is 4.00. The summed E-state index contributed by atoms with van der Waals surface area (Å²) in [6.45, 7) is 4.61. The molecule has 0 bridgehead atoms. The molecule has 3 rings (SSSR count). The van der Waals surface area contributed by atoms with E-state index in [-0.39, 0.29) is 12.7 Å². The Bertz CT molecular complexity index is 473. The van der Waals surface area contributed by atoms with Crippen LogP contribution in [0.15, 0.2) is 24.3 Å². The van der Waals surface area contributed by atoms with Crippen LogP contribution in [0.25, 0.3) is 0 Å². The molecule has 1 aromatic rings. The smallest absolute Gasteiger partial charge is 0.120 e. The number of rotatable bonds is 5. The molecule has 1 heterocycles. The lowest BCUT2D eigenvalue weighted by atomic mass is 10.1. The molecule has 0 radical (unpaired) electrons. The van der Waals surface area contributed by atoms with E-state index in [1.807, 2.05) is 0 Å². The summed E-state index contributed by atoms with van der Waals surface area (Å²) in [6.07, 6.45) is 5.29. The predicted octanol–water partition coefficient (Wildman–Crippen LogP) is 2.59. The summed E-state index contributed by atoms with van der Waals surface area (Å²) in [4.78, 5) is 2.37. The highest BCUT2D eigenvalue weighted by Gasteiger charge is 2.25. The van der Waals surface area contributed by atoms with Crippen molar-refractivity contribution in [2.45, 2.75) is 57.4 Å². The molecule has 2 unspecified atom stereocenters. The minimum atomic E-state index is -0.0610. The first-order chi connectivity index (χ1) is 10.7. The van der Waals surface area contributed by atoms with E-state index in [2.05, 4.69) is 36.1 Å². The Kier molecular flexibility index (Phi) is 5.34. The van der Waals surface area contributed by atoms with Gasteiger partial charge in [-0.1, -0.05) is 12.1 Å². The molecule has 1 saturated heterocycles. The van der Waals surface area contributed by atoms with Crippen molar-refractivity contribution < 1.29 is 14.6 Å². The summed E-state index contributed by atoms with van der Waals surface area (Å²) in [5, 5.41) is 9.29. The van der Waals surface area contributed by atoms with E-state index >= 15 is 0 Å². The number of hydrogen-bond donors (Lipinski definition) is 1. The van der Waals surface area contributed by atoms with Crippen LogP contribution in [-0.2, 0) is 11.3 Å². The molecule has 1 aromatic carbocycles. The first-order valence-corrected chi connectivity index (χ1v) is 8.46. The molecule has 1 saturated carbocycles. The van der Waals surface area contributed by atoms with Crippen molar-refractivity contribution in [1.82, 2.24) is 4.90 Å². The Labute approximate surface area is 133 Å². The molecular formula is C18H27NO3. The zero-order valence-corrected chi connectivity index (χ0v) is 13.4. The van der Waals surface area contributed by atoms with Crippen LogP contribution in [0.5, 0.6) is 5.75 Å². The van der Waals surface area contributed by atoms with Gasteiger partial charge in [0.1, 0.15) is 5.75 Å². The fourth-order valence-electron chi connectivity index (χ4n) is 3.36. The minimum Gasteiger partial charge on any atom is -0.490 e. The lowest BCUT2D eigenvalue weighted by molar-refractivity contribution is -0.0805. The number of hydrogen-bond acceptors (Lipinski definition) is 4. The normalized spacial score (nSPS) is 27.2. The SMILES string of the molecule is CC1COC(CO)CN1Cc1cccc(OC2CCCC2)c1. The second-order valence-electron chi connectivity index (χ2n) is 6.59. The average Bonchev–Trinajstić information content (AvgIpc) is 3.03. The molecule has 2 aliphatic rings. The van der Waals surface area contributed by atoms with Crippen LogP contribution in [0.3, 0.4) is 0 Å². The van der Waals surface area contributed by atoms with Crippen LogP contribution < -0.4 is 4.74 Å². The molecule has 2 atom stereocenters. The van der Waals surface area contributed by atoms with Gasteiger partial charge in [0.05, 0.1) is 25.4 Å². The van der Waals surface area contributed by atoms with Crippen molar-refractivity contribution in [2.24, 2.45) is 0 Å². The van der Waals surface area contributed by atoms with Crippen LogP contribution in [-0.4, -0.2) is 48.0 Å². The maximum atomic E-state index is 9.29. The highest BCUT2D eigenvalue weighted by atomic mass is 16.5. The quantitative estimate of drug-likeness (QED) is 0.908. The first kappa shape index (κ1) is 15.8. The second kappa shape index (κ2) is 7.44. The lowest BCUT2D eigenvalue weighted by Crippen LogP contribution is -2.48. The van der Waals surface area contributed by atoms with Gasteiger partial charge in [-0.05, 0) is 50.3 Å². The van der Waals surface area contributed by atoms with Gasteiger partial charge >= 0.3 is 0 Å². The van der Waals surface area contributed by atoms with E-state index in [1.54, 1.807) is 0 Å². The number of morpholine rings is 1. The van der Waals surface area contributed by atoms with Crippen molar-refractivity contribution in [3.8, 4) is 5.75 Å². The maximum absolute atomic E-state index is 9.29. The Morgan fingerprint density at radius 3 is 2.91 bits per heavy atom. The van der Waals surface area contributed by atoms with Gasteiger partial charge in [0.25, 0.3) is 0 Å². The minimum absolute atomic E-state index is 0.0610. The number of nitrogens with zero attached hydrogens (tertiary/aromatic N) is 1. The largest absolute Gasteiger partial charge is 0.490 e. The van der Waals surface area contributed by atoms with Crippen LogP contribution in [0.2, 0.25) is 0 Å². The van der Waals surface area contributed by atoms with Gasteiger partial charge in [0.15, 0.2) is 0 Å². The van der Waals surface area contributed by atoms with E-state index in [0.29, 0.717) is 18.8 Å². The van der Waals surface area contributed by atoms with Crippen LogP contribution >= 0.6 is 0 Å². The highest BCUT2D eigenvalue weighted by Crippen LogP contribution is 2.25. The summed E-state index contributed by atoms with van der Waals surface area (Å²) in [5.41, 5.74) is 1.26. The van der Waals surface area contributed by atoms with E-state index < -0.39 is 0 Å². The van der Waals surface area contributed by atoms with Gasteiger partial charge in [-0.25, -0.2) is 0 Å². The third-order valence-electron chi connectivity index (χ3n) is 4.73. The zero-order chi connectivity index (χ0) is 15.4. The summed E-state index contributed by atoms with van der Waals surface area (Å²) < 4.78 is 11.7. The fourth-order valence-corrected chi connectivity index (χ4v) is 3.36. The predicted molar refractivity (Wildman–Crippen MR) is 86.0 cm³/mol. The Balaban J connectivity index is 1.61. The Hall–Kier alpha value is -1.10. The molecule has 1 N–H and O–H groups in total. The lowest BCUT2D eigenvalue weighted by Gasteiger charge is -2.37. The van der Waals surface area contributed by atoms with E-state index in [4.69, 9.17) is 9.47 Å². The van der Waals surface area contributed by atoms with Crippen molar-refractivity contribution in [2.75, 3.05) is 19.8 Å². The molecule has 1 aliphatic heterocycles. The van der Waals surface area contributed by atoms with Crippen molar-refractivity contribution in [1.29, 1.82) is 0 Å². The van der Waals surface area contributed by atoms with Crippen LogP contribution in [0.1, 0.15) is 38.2 Å². The van der Waals surface area contributed by atoms with Crippen molar-refractivity contribution in [3.05, 3.63) is 29.8 Å². The molecule has 1 aliphatic carbocycles. The van der Waals surface area contributed by atoms with Gasteiger partial charge < -0.3 is 14.6 Å². The zero-order valence-electron chi connectivity index (χ0n) is 13.4. The molecule has 2 fully saturated rings. The maximum Gasteiger partial charge on any atom is 0.120 e. The third-order valence-corrected chi connectivity index (χ3v) is 4.73. The summed E-state index contributed by atoms with van der Waals surface area (Å²) in [5.74, 6) is 0.990. The molecule has 22 heavy (non-hydrogen) atoms. The number of ether oxygens (including phenoxy) is 2. The van der Waals surface area contributed by atoms with Crippen molar-refractivity contribution in [3.63, 3.8) is 0 Å². The topological polar surface area (TPSA) is 41.9 Å². The molecule has 4 nitrogen and oxygen atoms in total. The van der Waals surface area contributed by atoms with Crippen molar-refractivity contribution >= 4 is 0 Å². The molecule has 122 valence electrons. The first-order valence-electron chi connectivity index (χ1n) is 8.46. The highest BCUT2D eigenvalue weighted by molar-refractivity contribution is 5.29. The molecule has 4 heteroatoms. The van der Waals surface area contributed by atoms with Crippen LogP contribution in [0.4, 0.5) is 0 Å². The van der Waals surface area contributed by atoms with Gasteiger partial charge in [0, 0.05) is 19.1 Å². The van der Waals surface area contributed by atoms with Gasteiger partial charge in [0.2, 0.25) is 0 Å². The summed E-state index contributed by atoms with van der Waals surface area (Å²) >= 11 is 0. The molecular weight excluding hydrogens is 278 g/mol. The van der Waals surface area contributed by atoms with E-state index in [0.717, 1.165) is 18.8 Å². The second-order valence-corrected chi connectivity index (χ2v) is 6.59. The summed E-state index contributed by atoms with van der Waals surface area (Å²) in [6, 6.07) is 8.82. The molecule has 0 spiro atoms. The summed E-state index contributed by atoms with van der Waals surface area (Å²) in [7, 11) is 0. The Morgan fingerprint density at radius 1 is 1.32 bits per heavy atom. The monoisotopic (exact) mass is 305 g/mol. The molecule has 0 aromatic heterocycles. The Morgan fingerprint density at radius 2 is 2.14 bits per heavy atom. The molecule has 0 amide bonds. The van der Waals surface area contributed by atoms with Crippen LogP contribution in [0, 0.1) is 0 Å². The van der Waals surface area contributed by atoms with Gasteiger partial charge in [-0.15, -0.1) is 0 Å². The number of benzene rings is 1. The average molecular weight is 305 g/mol. The number of aliphatic hydroxyl groups is 1. The van der Waals surface area contributed by atoms with E-state index in [1.165, 1.54) is 31.2 Å². The van der Waals surface area contributed by atoms with E-state index in [9.17, 15) is 5.11 Å².